The van der Waals surface area contributed by atoms with Crippen molar-refractivity contribution in [2.45, 2.75) is 24.7 Å². The number of carbonyl (C=O) groups excluding carboxylic acids is 1. The van der Waals surface area contributed by atoms with Gasteiger partial charge in [-0.2, -0.15) is 0 Å². The molecule has 1 aromatic carbocycles. The second kappa shape index (κ2) is 5.45. The van der Waals surface area contributed by atoms with Crippen molar-refractivity contribution in [2.75, 3.05) is 7.11 Å². The molecule has 1 rings (SSSR count). The molecule has 0 aromatic heterocycles. The number of sulfonamides is 1. The third kappa shape index (κ3) is 3.05. The van der Waals surface area contributed by atoms with Gasteiger partial charge in [0.05, 0.1) is 12.7 Å². The number of carbonyl (C=O) groups is 1. The Morgan fingerprint density at radius 1 is 1.44 bits per heavy atom. The van der Waals surface area contributed by atoms with Crippen LogP contribution in [-0.4, -0.2) is 21.5 Å². The second-order valence-electron chi connectivity index (χ2n) is 3.73. The molecule has 18 heavy (non-hydrogen) atoms. The third-order valence-corrected chi connectivity index (χ3v) is 3.31. The summed E-state index contributed by atoms with van der Waals surface area (Å²) in [7, 11) is -3.05. The molecule has 0 saturated carbocycles. The van der Waals surface area contributed by atoms with Crippen LogP contribution in [0.4, 0.5) is 4.39 Å². The number of primary sulfonamides is 1. The Bertz CT molecular complexity index is 569. The molecule has 0 unspecified atom stereocenters. The van der Waals surface area contributed by atoms with Gasteiger partial charge in [-0.05, 0) is 24.1 Å². The lowest BCUT2D eigenvalue weighted by atomic mass is 10.0. The van der Waals surface area contributed by atoms with Crippen molar-refractivity contribution in [3.8, 4) is 0 Å². The molecule has 0 saturated heterocycles. The van der Waals surface area contributed by atoms with E-state index in [1.165, 1.54) is 0 Å². The van der Waals surface area contributed by atoms with Crippen LogP contribution in [-0.2, 0) is 21.2 Å². The summed E-state index contributed by atoms with van der Waals surface area (Å²) < 4.78 is 40.5. The number of hydrogen-bond acceptors (Lipinski definition) is 4. The van der Waals surface area contributed by atoms with Crippen LogP contribution in [0.3, 0.4) is 0 Å². The fourth-order valence-electron chi connectivity index (χ4n) is 1.59. The Kier molecular flexibility index (Phi) is 4.42. The predicted octanol–water partition coefficient (Wildman–Crippen LogP) is 1.21. The molecule has 1 aromatic rings. The van der Waals surface area contributed by atoms with Crippen LogP contribution in [0.25, 0.3) is 0 Å². The Morgan fingerprint density at radius 3 is 2.50 bits per heavy atom. The van der Waals surface area contributed by atoms with Crippen molar-refractivity contribution >= 4 is 16.0 Å². The molecule has 0 radical (unpaired) electrons. The zero-order valence-corrected chi connectivity index (χ0v) is 10.9. The highest BCUT2D eigenvalue weighted by atomic mass is 32.2. The maximum atomic E-state index is 13.6. The summed E-state index contributed by atoms with van der Waals surface area (Å²) >= 11 is 0. The van der Waals surface area contributed by atoms with Gasteiger partial charge in [-0.1, -0.05) is 13.3 Å². The normalized spacial score (nSPS) is 11.3. The van der Waals surface area contributed by atoms with Gasteiger partial charge in [-0.15, -0.1) is 0 Å². The number of ether oxygens (including phenoxy) is 1. The Morgan fingerprint density at radius 2 is 2.06 bits per heavy atom. The van der Waals surface area contributed by atoms with Crippen LogP contribution in [0.1, 0.15) is 29.3 Å². The molecule has 0 spiro atoms. The first-order valence-electron chi connectivity index (χ1n) is 5.24. The van der Waals surface area contributed by atoms with Crippen molar-refractivity contribution in [2.24, 2.45) is 5.14 Å². The van der Waals surface area contributed by atoms with Gasteiger partial charge in [0, 0.05) is 0 Å². The SMILES string of the molecule is CCCc1cc(F)c(S(N)(=O)=O)cc1C(=O)OC. The summed E-state index contributed by atoms with van der Waals surface area (Å²) in [5.41, 5.74) is 0.416. The predicted molar refractivity (Wildman–Crippen MR) is 63.1 cm³/mol. The number of benzene rings is 1. The van der Waals surface area contributed by atoms with Gasteiger partial charge < -0.3 is 4.74 Å². The molecule has 0 heterocycles. The molecular weight excluding hydrogens is 261 g/mol. The minimum absolute atomic E-state index is 0.0183. The van der Waals surface area contributed by atoms with E-state index in [0.29, 0.717) is 18.4 Å². The molecule has 0 bridgehead atoms. The minimum Gasteiger partial charge on any atom is -0.465 e. The largest absolute Gasteiger partial charge is 0.465 e. The summed E-state index contributed by atoms with van der Waals surface area (Å²) in [6, 6.07) is 1.93. The van der Waals surface area contributed by atoms with Crippen molar-refractivity contribution < 1.29 is 22.3 Å². The van der Waals surface area contributed by atoms with Gasteiger partial charge >= 0.3 is 5.97 Å². The van der Waals surface area contributed by atoms with Crippen LogP contribution >= 0.6 is 0 Å². The number of esters is 1. The lowest BCUT2D eigenvalue weighted by Gasteiger charge is -2.10. The molecule has 0 amide bonds. The van der Waals surface area contributed by atoms with Crippen molar-refractivity contribution in [3.05, 3.63) is 29.1 Å². The zero-order valence-electron chi connectivity index (χ0n) is 10.1. The first kappa shape index (κ1) is 14.6. The van der Waals surface area contributed by atoms with E-state index in [-0.39, 0.29) is 5.56 Å². The van der Waals surface area contributed by atoms with Crippen LogP contribution < -0.4 is 5.14 Å². The second-order valence-corrected chi connectivity index (χ2v) is 5.26. The van der Waals surface area contributed by atoms with E-state index in [1.807, 2.05) is 6.92 Å². The Hall–Kier alpha value is -1.47. The highest BCUT2D eigenvalue weighted by Crippen LogP contribution is 2.21. The van der Waals surface area contributed by atoms with Crippen LogP contribution in [0.15, 0.2) is 17.0 Å². The number of methoxy groups -OCH3 is 1. The molecule has 100 valence electrons. The van der Waals surface area contributed by atoms with E-state index >= 15 is 0 Å². The summed E-state index contributed by atoms with van der Waals surface area (Å²) in [5.74, 6) is -1.68. The van der Waals surface area contributed by atoms with Crippen molar-refractivity contribution in [3.63, 3.8) is 0 Å². The summed E-state index contributed by atoms with van der Waals surface area (Å²) in [5, 5.41) is 4.87. The van der Waals surface area contributed by atoms with Gasteiger partial charge in [-0.3, -0.25) is 0 Å². The highest BCUT2D eigenvalue weighted by molar-refractivity contribution is 7.89. The molecule has 2 N–H and O–H groups in total. The van der Waals surface area contributed by atoms with Crippen LogP contribution in [0.5, 0.6) is 0 Å². The van der Waals surface area contributed by atoms with E-state index in [9.17, 15) is 17.6 Å². The summed E-state index contributed by atoms with van der Waals surface area (Å²) in [6.45, 7) is 1.85. The fraction of sp³-hybridized carbons (Fsp3) is 0.364. The van der Waals surface area contributed by atoms with Gasteiger partial charge in [0.2, 0.25) is 10.0 Å². The molecule has 0 atom stereocenters. The molecule has 0 aliphatic rings. The first-order chi connectivity index (χ1) is 8.31. The van der Waals surface area contributed by atoms with E-state index in [1.54, 1.807) is 0 Å². The number of aryl methyl sites for hydroxylation is 1. The first-order valence-corrected chi connectivity index (χ1v) is 6.79. The monoisotopic (exact) mass is 275 g/mol. The average molecular weight is 275 g/mol. The number of rotatable bonds is 4. The molecule has 0 aliphatic heterocycles. The highest BCUT2D eigenvalue weighted by Gasteiger charge is 2.21. The Balaban J connectivity index is 3.50. The number of halogens is 1. The fourth-order valence-corrected chi connectivity index (χ4v) is 2.20. The van der Waals surface area contributed by atoms with Gasteiger partial charge in [0.25, 0.3) is 0 Å². The van der Waals surface area contributed by atoms with E-state index in [4.69, 9.17) is 5.14 Å². The standard InChI is InChI=1S/C11H14FNO4S/c1-3-4-7-5-9(12)10(18(13,15)16)6-8(7)11(14)17-2/h5-6H,3-4H2,1-2H3,(H2,13,15,16). The smallest absolute Gasteiger partial charge is 0.338 e. The zero-order chi connectivity index (χ0) is 13.9. The van der Waals surface area contributed by atoms with E-state index < -0.39 is 26.7 Å². The maximum absolute atomic E-state index is 13.6. The van der Waals surface area contributed by atoms with Gasteiger partial charge in [0.1, 0.15) is 10.7 Å². The van der Waals surface area contributed by atoms with Crippen LogP contribution in [0, 0.1) is 5.82 Å². The summed E-state index contributed by atoms with van der Waals surface area (Å²) in [6.07, 6.45) is 1.12. The van der Waals surface area contributed by atoms with Gasteiger partial charge in [-0.25, -0.2) is 22.7 Å². The lowest BCUT2D eigenvalue weighted by Crippen LogP contribution is -2.17. The number of hydrogen-bond donors (Lipinski definition) is 1. The van der Waals surface area contributed by atoms with Crippen LogP contribution in [0.2, 0.25) is 0 Å². The summed E-state index contributed by atoms with van der Waals surface area (Å²) in [4.78, 5) is 10.8. The quantitative estimate of drug-likeness (QED) is 0.837. The molecule has 0 fully saturated rings. The molecule has 7 heteroatoms. The topological polar surface area (TPSA) is 86.5 Å². The van der Waals surface area contributed by atoms with Crippen molar-refractivity contribution in [1.29, 1.82) is 0 Å². The third-order valence-electron chi connectivity index (χ3n) is 2.39. The van der Waals surface area contributed by atoms with E-state index in [0.717, 1.165) is 19.2 Å². The maximum Gasteiger partial charge on any atom is 0.338 e. The molecule has 0 aliphatic carbocycles. The van der Waals surface area contributed by atoms with Gasteiger partial charge in [0.15, 0.2) is 0 Å². The lowest BCUT2D eigenvalue weighted by molar-refractivity contribution is 0.0599. The Labute approximate surface area is 105 Å². The number of nitrogens with two attached hydrogens (primary N) is 1. The average Bonchev–Trinajstić information content (AvgIpc) is 2.27. The molecule has 5 nitrogen and oxygen atoms in total. The van der Waals surface area contributed by atoms with E-state index in [2.05, 4.69) is 4.74 Å². The minimum atomic E-state index is -4.21. The van der Waals surface area contributed by atoms with Crippen molar-refractivity contribution in [1.82, 2.24) is 0 Å². The molecular formula is C11H14FNO4S.